The summed E-state index contributed by atoms with van der Waals surface area (Å²) in [6.45, 7) is 8.92. The Bertz CT molecular complexity index is 474. The summed E-state index contributed by atoms with van der Waals surface area (Å²) in [5, 5.41) is 14.1. The highest BCUT2D eigenvalue weighted by Gasteiger charge is 2.36. The van der Waals surface area contributed by atoms with Crippen LogP contribution in [0.2, 0.25) is 0 Å². The van der Waals surface area contributed by atoms with Crippen LogP contribution in [0.5, 0.6) is 0 Å². The fraction of sp³-hybridized carbons (Fsp3) is 0.667. The van der Waals surface area contributed by atoms with E-state index in [9.17, 15) is 5.11 Å². The normalized spacial score (nSPS) is 26.3. The SMILES string of the molecule is Cc1ccc(C)c(SC2CCCC(CO)(NC(C)C)C2)c1. The van der Waals surface area contributed by atoms with Gasteiger partial charge >= 0.3 is 0 Å². The van der Waals surface area contributed by atoms with E-state index in [-0.39, 0.29) is 12.1 Å². The molecule has 118 valence electrons. The van der Waals surface area contributed by atoms with Gasteiger partial charge in [-0.15, -0.1) is 11.8 Å². The molecule has 3 heteroatoms. The quantitative estimate of drug-likeness (QED) is 0.860. The van der Waals surface area contributed by atoms with Crippen LogP contribution in [0.15, 0.2) is 23.1 Å². The average Bonchev–Trinajstić information content (AvgIpc) is 2.42. The second-order valence-corrected chi connectivity index (χ2v) is 8.18. The highest BCUT2D eigenvalue weighted by atomic mass is 32.2. The molecule has 2 unspecified atom stereocenters. The Morgan fingerprint density at radius 2 is 2.14 bits per heavy atom. The predicted octanol–water partition coefficient (Wildman–Crippen LogP) is 4.07. The lowest BCUT2D eigenvalue weighted by atomic mass is 9.81. The Morgan fingerprint density at radius 3 is 2.81 bits per heavy atom. The summed E-state index contributed by atoms with van der Waals surface area (Å²) in [7, 11) is 0. The molecule has 2 atom stereocenters. The Kier molecular flexibility index (Phi) is 5.75. The summed E-state index contributed by atoms with van der Waals surface area (Å²) in [5.41, 5.74) is 2.61. The monoisotopic (exact) mass is 307 g/mol. The van der Waals surface area contributed by atoms with Gasteiger partial charge in [-0.25, -0.2) is 0 Å². The molecule has 0 aliphatic heterocycles. The fourth-order valence-electron chi connectivity index (χ4n) is 3.36. The lowest BCUT2D eigenvalue weighted by Crippen LogP contribution is -2.54. The molecule has 0 radical (unpaired) electrons. The van der Waals surface area contributed by atoms with Gasteiger partial charge in [0.15, 0.2) is 0 Å². The highest BCUT2D eigenvalue weighted by molar-refractivity contribution is 8.00. The molecule has 0 spiro atoms. The maximum atomic E-state index is 9.90. The minimum absolute atomic E-state index is 0.0815. The molecular formula is C18H29NOS. The number of thioether (sulfide) groups is 1. The number of hydrogen-bond donors (Lipinski definition) is 2. The molecule has 1 aromatic rings. The number of hydrogen-bond acceptors (Lipinski definition) is 3. The molecule has 1 saturated carbocycles. The first-order valence-electron chi connectivity index (χ1n) is 8.06. The van der Waals surface area contributed by atoms with Crippen molar-refractivity contribution in [3.8, 4) is 0 Å². The van der Waals surface area contributed by atoms with Gasteiger partial charge in [-0.1, -0.05) is 38.0 Å². The van der Waals surface area contributed by atoms with Crippen molar-refractivity contribution in [3.63, 3.8) is 0 Å². The maximum Gasteiger partial charge on any atom is 0.0613 e. The molecule has 2 rings (SSSR count). The van der Waals surface area contributed by atoms with Crippen molar-refractivity contribution in [1.29, 1.82) is 0 Å². The van der Waals surface area contributed by atoms with Gasteiger partial charge < -0.3 is 10.4 Å². The van der Waals surface area contributed by atoms with Gasteiger partial charge in [-0.2, -0.15) is 0 Å². The number of aryl methyl sites for hydroxylation is 2. The van der Waals surface area contributed by atoms with Crippen LogP contribution in [-0.4, -0.2) is 28.5 Å². The molecule has 1 aliphatic rings. The van der Waals surface area contributed by atoms with Gasteiger partial charge in [0.25, 0.3) is 0 Å². The highest BCUT2D eigenvalue weighted by Crippen LogP contribution is 2.39. The Labute approximate surface area is 133 Å². The van der Waals surface area contributed by atoms with Gasteiger partial charge in [-0.3, -0.25) is 0 Å². The molecule has 0 amide bonds. The summed E-state index contributed by atoms with van der Waals surface area (Å²) in [5.74, 6) is 0. The number of nitrogens with one attached hydrogen (secondary N) is 1. The molecule has 0 bridgehead atoms. The first-order chi connectivity index (χ1) is 9.94. The van der Waals surface area contributed by atoms with Crippen LogP contribution in [0.1, 0.15) is 50.7 Å². The molecule has 1 aromatic carbocycles. The van der Waals surface area contributed by atoms with Crippen LogP contribution in [-0.2, 0) is 0 Å². The van der Waals surface area contributed by atoms with Gasteiger partial charge in [0, 0.05) is 21.7 Å². The van der Waals surface area contributed by atoms with Crippen molar-refractivity contribution < 1.29 is 5.11 Å². The second-order valence-electron chi connectivity index (χ2n) is 6.84. The molecule has 0 aromatic heterocycles. The van der Waals surface area contributed by atoms with E-state index in [0.29, 0.717) is 11.3 Å². The smallest absolute Gasteiger partial charge is 0.0613 e. The molecular weight excluding hydrogens is 278 g/mol. The first-order valence-corrected chi connectivity index (χ1v) is 8.94. The topological polar surface area (TPSA) is 32.3 Å². The van der Waals surface area contributed by atoms with Gasteiger partial charge in [-0.05, 0) is 44.7 Å². The third-order valence-electron chi connectivity index (χ3n) is 4.33. The number of aliphatic hydroxyl groups is 1. The predicted molar refractivity (Wildman–Crippen MR) is 92.1 cm³/mol. The largest absolute Gasteiger partial charge is 0.394 e. The van der Waals surface area contributed by atoms with Gasteiger partial charge in [0.2, 0.25) is 0 Å². The van der Waals surface area contributed by atoms with E-state index in [1.807, 2.05) is 11.8 Å². The summed E-state index contributed by atoms with van der Waals surface area (Å²) in [4.78, 5) is 1.40. The molecule has 2 N–H and O–H groups in total. The van der Waals surface area contributed by atoms with Crippen LogP contribution < -0.4 is 5.32 Å². The van der Waals surface area contributed by atoms with Crippen molar-refractivity contribution in [2.75, 3.05) is 6.61 Å². The average molecular weight is 308 g/mol. The van der Waals surface area contributed by atoms with Crippen LogP contribution in [0.3, 0.4) is 0 Å². The zero-order valence-corrected chi connectivity index (χ0v) is 14.6. The number of rotatable bonds is 5. The van der Waals surface area contributed by atoms with Gasteiger partial charge in [0.1, 0.15) is 0 Å². The Balaban J connectivity index is 2.08. The fourth-order valence-corrected chi connectivity index (χ4v) is 4.91. The molecule has 2 nitrogen and oxygen atoms in total. The van der Waals surface area contributed by atoms with Crippen molar-refractivity contribution in [2.24, 2.45) is 0 Å². The van der Waals surface area contributed by atoms with E-state index >= 15 is 0 Å². The molecule has 21 heavy (non-hydrogen) atoms. The van der Waals surface area contributed by atoms with E-state index < -0.39 is 0 Å². The standard InChI is InChI=1S/C18H29NOS/c1-13(2)19-18(12-20)9-5-6-16(11-18)21-17-10-14(3)7-8-15(17)4/h7-8,10,13,16,19-20H,5-6,9,11-12H2,1-4H3. The van der Waals surface area contributed by atoms with E-state index in [1.165, 1.54) is 28.9 Å². The van der Waals surface area contributed by atoms with Gasteiger partial charge in [0.05, 0.1) is 6.61 Å². The van der Waals surface area contributed by atoms with E-state index in [0.717, 1.165) is 12.8 Å². The lowest BCUT2D eigenvalue weighted by molar-refractivity contribution is 0.115. The number of aliphatic hydroxyl groups excluding tert-OH is 1. The molecule has 0 heterocycles. The lowest BCUT2D eigenvalue weighted by Gasteiger charge is -2.41. The third kappa shape index (κ3) is 4.48. The van der Waals surface area contributed by atoms with Crippen molar-refractivity contribution >= 4 is 11.8 Å². The van der Waals surface area contributed by atoms with Crippen LogP contribution in [0, 0.1) is 13.8 Å². The third-order valence-corrected chi connectivity index (χ3v) is 5.76. The second kappa shape index (κ2) is 7.17. The summed E-state index contributed by atoms with van der Waals surface area (Å²) in [6, 6.07) is 7.11. The molecule has 1 aliphatic carbocycles. The van der Waals surface area contributed by atoms with E-state index in [2.05, 4.69) is 51.2 Å². The molecule has 0 saturated heterocycles. The zero-order valence-electron chi connectivity index (χ0n) is 13.8. The molecule has 1 fully saturated rings. The van der Waals surface area contributed by atoms with Crippen LogP contribution in [0.25, 0.3) is 0 Å². The van der Waals surface area contributed by atoms with Crippen LogP contribution in [0.4, 0.5) is 0 Å². The maximum absolute atomic E-state index is 9.90. The van der Waals surface area contributed by atoms with Crippen molar-refractivity contribution in [1.82, 2.24) is 5.32 Å². The summed E-state index contributed by atoms with van der Waals surface area (Å²) in [6.07, 6.45) is 4.59. The minimum atomic E-state index is -0.0815. The van der Waals surface area contributed by atoms with E-state index in [1.54, 1.807) is 0 Å². The summed E-state index contributed by atoms with van der Waals surface area (Å²) < 4.78 is 0. The van der Waals surface area contributed by atoms with Crippen molar-refractivity contribution in [3.05, 3.63) is 29.3 Å². The summed E-state index contributed by atoms with van der Waals surface area (Å²) >= 11 is 2.00. The Hall–Kier alpha value is -0.510. The number of benzene rings is 1. The Morgan fingerprint density at radius 1 is 1.38 bits per heavy atom. The van der Waals surface area contributed by atoms with Crippen LogP contribution >= 0.6 is 11.8 Å². The van der Waals surface area contributed by atoms with Crippen molar-refractivity contribution in [2.45, 2.75) is 75.1 Å². The zero-order chi connectivity index (χ0) is 15.5. The first kappa shape index (κ1) is 16.9. The minimum Gasteiger partial charge on any atom is -0.394 e. The van der Waals surface area contributed by atoms with E-state index in [4.69, 9.17) is 0 Å².